The fourth-order valence-electron chi connectivity index (χ4n) is 1.61. The van der Waals surface area contributed by atoms with Gasteiger partial charge in [0.05, 0.1) is 0 Å². The Balaban J connectivity index is 2.17. The predicted octanol–water partition coefficient (Wildman–Crippen LogP) is -2.53. The Bertz CT molecular complexity index is 426. The first kappa shape index (κ1) is 12.1. The zero-order chi connectivity index (χ0) is 13.4. The van der Waals surface area contributed by atoms with Crippen LogP contribution in [0.4, 0.5) is 0 Å². The smallest absolute Gasteiger partial charge is 0.255 e. The van der Waals surface area contributed by atoms with Gasteiger partial charge in [-0.05, 0) is 0 Å². The number of nitrogens with zero attached hydrogens (tertiary/aromatic N) is 2. The Morgan fingerprint density at radius 1 is 0.667 bits per heavy atom. The topological polar surface area (TPSA) is 115 Å². The maximum atomic E-state index is 11.3. The zero-order valence-electron chi connectivity index (χ0n) is 8.89. The van der Waals surface area contributed by atoms with Gasteiger partial charge in [0.15, 0.2) is 12.5 Å². The number of amides is 4. The molecular formula is C10H8N2O6. The van der Waals surface area contributed by atoms with Crippen LogP contribution in [0.2, 0.25) is 0 Å². The first-order valence-electron chi connectivity index (χ1n) is 4.90. The molecule has 2 N–H and O–H groups in total. The fourth-order valence-corrected chi connectivity index (χ4v) is 1.61. The van der Waals surface area contributed by atoms with Gasteiger partial charge >= 0.3 is 0 Å². The van der Waals surface area contributed by atoms with E-state index in [9.17, 15) is 29.4 Å². The molecule has 0 aromatic rings. The molecule has 0 aromatic carbocycles. The first-order chi connectivity index (χ1) is 8.43. The molecule has 2 rings (SSSR count). The molecule has 0 radical (unpaired) electrons. The average Bonchev–Trinajstić information content (AvgIpc) is 2.81. The van der Waals surface area contributed by atoms with E-state index in [1.54, 1.807) is 0 Å². The SMILES string of the molecule is O=C1C=CC(=O)N1C(O)C(O)N1C(=O)C=CC1=O. The van der Waals surface area contributed by atoms with Crippen LogP contribution >= 0.6 is 0 Å². The van der Waals surface area contributed by atoms with E-state index in [2.05, 4.69) is 0 Å². The van der Waals surface area contributed by atoms with Gasteiger partial charge in [-0.1, -0.05) is 0 Å². The van der Waals surface area contributed by atoms with E-state index in [1.807, 2.05) is 0 Å². The summed E-state index contributed by atoms with van der Waals surface area (Å²) in [6, 6.07) is 0. The molecule has 0 saturated heterocycles. The second kappa shape index (κ2) is 4.17. The lowest BCUT2D eigenvalue weighted by atomic mass is 10.3. The Kier molecular flexibility index (Phi) is 2.81. The molecule has 0 aromatic heterocycles. The zero-order valence-corrected chi connectivity index (χ0v) is 8.89. The molecule has 94 valence electrons. The third kappa shape index (κ3) is 1.73. The van der Waals surface area contributed by atoms with Gasteiger partial charge in [-0.15, -0.1) is 0 Å². The summed E-state index contributed by atoms with van der Waals surface area (Å²) >= 11 is 0. The second-order valence-corrected chi connectivity index (χ2v) is 3.59. The summed E-state index contributed by atoms with van der Waals surface area (Å²) in [4.78, 5) is 45.7. The summed E-state index contributed by atoms with van der Waals surface area (Å²) in [5.74, 6) is -3.34. The molecule has 8 nitrogen and oxygen atoms in total. The lowest BCUT2D eigenvalue weighted by molar-refractivity contribution is -0.179. The van der Waals surface area contributed by atoms with Crippen molar-refractivity contribution in [1.82, 2.24) is 9.80 Å². The Morgan fingerprint density at radius 3 is 1.11 bits per heavy atom. The normalized spacial score (nSPS) is 22.3. The molecular weight excluding hydrogens is 244 g/mol. The third-order valence-corrected chi connectivity index (χ3v) is 2.48. The minimum Gasteiger partial charge on any atom is -0.369 e. The van der Waals surface area contributed by atoms with E-state index < -0.39 is 36.1 Å². The Morgan fingerprint density at radius 2 is 0.889 bits per heavy atom. The number of hydrogen-bond donors (Lipinski definition) is 2. The predicted molar refractivity (Wildman–Crippen MR) is 54.0 cm³/mol. The number of hydrogen-bond acceptors (Lipinski definition) is 6. The van der Waals surface area contributed by atoms with E-state index in [1.165, 1.54) is 0 Å². The van der Waals surface area contributed by atoms with Crippen molar-refractivity contribution in [3.63, 3.8) is 0 Å². The van der Waals surface area contributed by atoms with Gasteiger partial charge in [0, 0.05) is 24.3 Å². The molecule has 18 heavy (non-hydrogen) atoms. The molecule has 2 atom stereocenters. The van der Waals surface area contributed by atoms with Crippen molar-refractivity contribution >= 4 is 23.6 Å². The molecule has 2 aliphatic heterocycles. The van der Waals surface area contributed by atoms with Crippen molar-refractivity contribution in [2.75, 3.05) is 0 Å². The first-order valence-corrected chi connectivity index (χ1v) is 4.90. The molecule has 2 heterocycles. The van der Waals surface area contributed by atoms with E-state index in [4.69, 9.17) is 0 Å². The van der Waals surface area contributed by atoms with Gasteiger partial charge in [0.25, 0.3) is 23.6 Å². The van der Waals surface area contributed by atoms with Crippen molar-refractivity contribution in [3.8, 4) is 0 Å². The lowest BCUT2D eigenvalue weighted by Crippen LogP contribution is -2.55. The van der Waals surface area contributed by atoms with E-state index in [-0.39, 0.29) is 0 Å². The van der Waals surface area contributed by atoms with Crippen molar-refractivity contribution in [1.29, 1.82) is 0 Å². The number of imide groups is 2. The van der Waals surface area contributed by atoms with Crippen molar-refractivity contribution in [2.45, 2.75) is 12.5 Å². The van der Waals surface area contributed by atoms with E-state index in [0.717, 1.165) is 24.3 Å². The number of aliphatic hydroxyl groups excluding tert-OH is 2. The maximum Gasteiger partial charge on any atom is 0.255 e. The highest BCUT2D eigenvalue weighted by molar-refractivity contribution is 6.14. The maximum absolute atomic E-state index is 11.3. The van der Waals surface area contributed by atoms with Crippen LogP contribution in [0.5, 0.6) is 0 Å². The van der Waals surface area contributed by atoms with Crippen molar-refractivity contribution < 1.29 is 29.4 Å². The van der Waals surface area contributed by atoms with Crippen LogP contribution in [0, 0.1) is 0 Å². The minimum atomic E-state index is -2.01. The minimum absolute atomic E-state index is 0.351. The summed E-state index contributed by atoms with van der Waals surface area (Å²) in [5.41, 5.74) is 0. The van der Waals surface area contributed by atoms with Crippen LogP contribution in [0.25, 0.3) is 0 Å². The van der Waals surface area contributed by atoms with Gasteiger partial charge < -0.3 is 10.2 Å². The summed E-state index contributed by atoms with van der Waals surface area (Å²) in [7, 11) is 0. The third-order valence-electron chi connectivity index (χ3n) is 2.48. The molecule has 0 fully saturated rings. The highest BCUT2D eigenvalue weighted by Crippen LogP contribution is 2.16. The number of carbonyl (C=O) groups is 4. The largest absolute Gasteiger partial charge is 0.369 e. The summed E-state index contributed by atoms with van der Waals surface area (Å²) < 4.78 is 0. The summed E-state index contributed by atoms with van der Waals surface area (Å²) in [6.45, 7) is 0. The molecule has 0 bridgehead atoms. The van der Waals surface area contributed by atoms with Gasteiger partial charge in [0.2, 0.25) is 0 Å². The summed E-state index contributed by atoms with van der Waals surface area (Å²) in [5, 5.41) is 19.3. The van der Waals surface area contributed by atoms with Gasteiger partial charge in [0.1, 0.15) is 0 Å². The quantitative estimate of drug-likeness (QED) is 0.535. The average molecular weight is 252 g/mol. The molecule has 0 aliphatic carbocycles. The van der Waals surface area contributed by atoms with Gasteiger partial charge in [-0.3, -0.25) is 19.2 Å². The van der Waals surface area contributed by atoms with Gasteiger partial charge in [-0.2, -0.15) is 0 Å². The molecule has 2 aliphatic rings. The fraction of sp³-hybridized carbons (Fsp3) is 0.200. The molecule has 2 unspecified atom stereocenters. The van der Waals surface area contributed by atoms with Crippen molar-refractivity contribution in [2.24, 2.45) is 0 Å². The van der Waals surface area contributed by atoms with Crippen LogP contribution in [-0.2, 0) is 19.2 Å². The Hall–Kier alpha value is -2.32. The van der Waals surface area contributed by atoms with Crippen LogP contribution in [0.3, 0.4) is 0 Å². The summed E-state index contributed by atoms with van der Waals surface area (Å²) in [6.07, 6.45) is -0.386. The van der Waals surface area contributed by atoms with E-state index in [0.29, 0.717) is 9.80 Å². The highest BCUT2D eigenvalue weighted by Gasteiger charge is 2.41. The number of carbonyl (C=O) groups excluding carboxylic acids is 4. The Labute approximate surface area is 100 Å². The van der Waals surface area contributed by atoms with Gasteiger partial charge in [-0.25, -0.2) is 9.80 Å². The second-order valence-electron chi connectivity index (χ2n) is 3.59. The van der Waals surface area contributed by atoms with Crippen LogP contribution < -0.4 is 0 Å². The standard InChI is InChI=1S/C10H8N2O6/c13-5-1-2-6(14)11(5)9(17)10(18)12-7(15)3-4-8(12)16/h1-4,9-10,17-18H. The lowest BCUT2D eigenvalue weighted by Gasteiger charge is -2.30. The van der Waals surface area contributed by atoms with Crippen molar-refractivity contribution in [3.05, 3.63) is 24.3 Å². The highest BCUT2D eigenvalue weighted by atomic mass is 16.4. The van der Waals surface area contributed by atoms with E-state index >= 15 is 0 Å². The molecule has 0 spiro atoms. The number of rotatable bonds is 3. The molecule has 0 saturated carbocycles. The molecule has 8 heteroatoms. The van der Waals surface area contributed by atoms with Crippen LogP contribution in [0.15, 0.2) is 24.3 Å². The monoisotopic (exact) mass is 252 g/mol. The number of aliphatic hydroxyl groups is 2. The molecule has 4 amide bonds. The van der Waals surface area contributed by atoms with Crippen LogP contribution in [-0.4, -0.2) is 56.1 Å². The van der Waals surface area contributed by atoms with Crippen LogP contribution in [0.1, 0.15) is 0 Å².